The molecule has 0 aliphatic carbocycles. The van der Waals surface area contributed by atoms with Gasteiger partial charge in [-0.15, -0.1) is 0 Å². The second kappa shape index (κ2) is 10.3. The number of furan rings is 1. The Hall–Kier alpha value is -2.92. The van der Waals surface area contributed by atoms with E-state index in [0.717, 1.165) is 0 Å². The minimum Gasteiger partial charge on any atom is -0.465 e. The molecule has 0 fully saturated rings. The lowest BCUT2D eigenvalue weighted by atomic mass is 10.1. The molecule has 0 bridgehead atoms. The van der Waals surface area contributed by atoms with Gasteiger partial charge in [-0.3, -0.25) is 4.79 Å². The first-order chi connectivity index (χ1) is 15.7. The van der Waals surface area contributed by atoms with Crippen LogP contribution in [0.15, 0.2) is 62.6 Å². The first-order valence-corrected chi connectivity index (χ1v) is 11.7. The normalized spacial score (nSPS) is 15.6. The van der Waals surface area contributed by atoms with E-state index in [-0.39, 0.29) is 40.8 Å². The van der Waals surface area contributed by atoms with Crippen molar-refractivity contribution in [2.75, 3.05) is 27.4 Å². The number of nitrogens with one attached hydrogen (secondary N) is 1. The van der Waals surface area contributed by atoms with E-state index in [1.807, 2.05) is 0 Å². The molecule has 1 amide bonds. The standard InChI is InChI=1S/C22H23ClN2O7S/c1-14-20(22(27)31-3)19(21(26)25(14)10-11-30-2)12-16-6-7-17(32-16)13-24-33(28,29)18-8-4-15(23)5-9-18/h4-9,12,24H,10-11,13H2,1-3H3. The van der Waals surface area contributed by atoms with E-state index in [0.29, 0.717) is 23.1 Å². The van der Waals surface area contributed by atoms with Gasteiger partial charge in [-0.05, 0) is 49.4 Å². The van der Waals surface area contributed by atoms with Crippen LogP contribution in [0.5, 0.6) is 0 Å². The lowest BCUT2D eigenvalue weighted by Crippen LogP contribution is -2.28. The summed E-state index contributed by atoms with van der Waals surface area (Å²) in [5.74, 6) is -0.427. The molecule has 33 heavy (non-hydrogen) atoms. The molecule has 9 nitrogen and oxygen atoms in total. The summed E-state index contributed by atoms with van der Waals surface area (Å²) in [6.45, 7) is 2.11. The van der Waals surface area contributed by atoms with E-state index in [9.17, 15) is 18.0 Å². The number of carbonyl (C=O) groups excluding carboxylic acids is 2. The zero-order valence-electron chi connectivity index (χ0n) is 18.3. The molecular weight excluding hydrogens is 472 g/mol. The van der Waals surface area contributed by atoms with Crippen LogP contribution in [0.4, 0.5) is 0 Å². The fourth-order valence-corrected chi connectivity index (χ4v) is 4.37. The predicted molar refractivity (Wildman–Crippen MR) is 120 cm³/mol. The van der Waals surface area contributed by atoms with E-state index in [4.69, 9.17) is 25.5 Å². The second-order valence-electron chi connectivity index (χ2n) is 7.04. The SMILES string of the molecule is COCCN1C(=O)C(=Cc2ccc(CNS(=O)(=O)c3ccc(Cl)cc3)o2)C(C(=O)OC)=C1C. The molecular formula is C22H23ClN2O7S. The van der Waals surface area contributed by atoms with Gasteiger partial charge in [-0.25, -0.2) is 17.9 Å². The first-order valence-electron chi connectivity index (χ1n) is 9.84. The highest BCUT2D eigenvalue weighted by Gasteiger charge is 2.37. The molecule has 0 radical (unpaired) electrons. The minimum atomic E-state index is -3.77. The number of ether oxygens (including phenoxy) is 2. The highest BCUT2D eigenvalue weighted by atomic mass is 35.5. The average molecular weight is 495 g/mol. The van der Waals surface area contributed by atoms with Gasteiger partial charge in [0, 0.05) is 24.4 Å². The number of sulfonamides is 1. The van der Waals surface area contributed by atoms with Crippen LogP contribution >= 0.6 is 11.6 Å². The molecule has 1 aromatic heterocycles. The maximum Gasteiger partial charge on any atom is 0.340 e. The van der Waals surface area contributed by atoms with Crippen LogP contribution in [0.1, 0.15) is 18.4 Å². The number of hydrogen-bond acceptors (Lipinski definition) is 7. The Labute approximate surface area is 196 Å². The minimum absolute atomic E-state index is 0.0665. The van der Waals surface area contributed by atoms with E-state index >= 15 is 0 Å². The highest BCUT2D eigenvalue weighted by molar-refractivity contribution is 7.89. The summed E-state index contributed by atoms with van der Waals surface area (Å²) in [6, 6.07) is 8.91. The van der Waals surface area contributed by atoms with Gasteiger partial charge in [0.1, 0.15) is 11.5 Å². The predicted octanol–water partition coefficient (Wildman–Crippen LogP) is 2.73. The maximum absolute atomic E-state index is 12.9. The van der Waals surface area contributed by atoms with E-state index in [1.54, 1.807) is 19.1 Å². The molecule has 11 heteroatoms. The number of hydrogen-bond donors (Lipinski definition) is 1. The number of halogens is 1. The van der Waals surface area contributed by atoms with Crippen molar-refractivity contribution in [3.63, 3.8) is 0 Å². The van der Waals surface area contributed by atoms with Gasteiger partial charge < -0.3 is 18.8 Å². The third-order valence-corrected chi connectivity index (χ3v) is 6.62. The van der Waals surface area contributed by atoms with Gasteiger partial charge in [-0.1, -0.05) is 11.6 Å². The molecule has 1 N–H and O–H groups in total. The molecule has 1 aliphatic heterocycles. The third-order valence-electron chi connectivity index (χ3n) is 4.95. The van der Waals surface area contributed by atoms with Crippen molar-refractivity contribution >= 4 is 39.6 Å². The van der Waals surface area contributed by atoms with Crippen molar-refractivity contribution in [3.05, 3.63) is 69.8 Å². The zero-order chi connectivity index (χ0) is 24.2. The summed E-state index contributed by atoms with van der Waals surface area (Å²) < 4.78 is 42.8. The number of rotatable bonds is 9. The number of methoxy groups -OCH3 is 2. The van der Waals surface area contributed by atoms with Crippen LogP contribution in [0.2, 0.25) is 5.02 Å². The third kappa shape index (κ3) is 5.53. The largest absolute Gasteiger partial charge is 0.465 e. The molecule has 0 atom stereocenters. The van der Waals surface area contributed by atoms with Gasteiger partial charge >= 0.3 is 5.97 Å². The van der Waals surface area contributed by atoms with Crippen LogP contribution in [0.3, 0.4) is 0 Å². The lowest BCUT2D eigenvalue weighted by Gasteiger charge is -2.16. The Balaban J connectivity index is 1.80. The van der Waals surface area contributed by atoms with Gasteiger partial charge in [0.2, 0.25) is 10.0 Å². The Morgan fingerprint density at radius 2 is 1.88 bits per heavy atom. The van der Waals surface area contributed by atoms with Crippen LogP contribution in [-0.4, -0.2) is 52.6 Å². The number of amides is 1. The molecule has 1 aliphatic rings. The van der Waals surface area contributed by atoms with Crippen molar-refractivity contribution < 1.29 is 31.9 Å². The van der Waals surface area contributed by atoms with Crippen LogP contribution in [-0.2, 0) is 35.6 Å². The summed E-state index contributed by atoms with van der Waals surface area (Å²) in [7, 11) is -1.02. The smallest absolute Gasteiger partial charge is 0.340 e. The van der Waals surface area contributed by atoms with E-state index in [2.05, 4.69) is 4.72 Å². The molecule has 0 saturated heterocycles. The number of allylic oxidation sites excluding steroid dienone is 1. The summed E-state index contributed by atoms with van der Waals surface area (Å²) in [4.78, 5) is 26.7. The second-order valence-corrected chi connectivity index (χ2v) is 9.25. The van der Waals surface area contributed by atoms with Gasteiger partial charge in [0.25, 0.3) is 5.91 Å². The van der Waals surface area contributed by atoms with Crippen molar-refractivity contribution in [2.45, 2.75) is 18.4 Å². The van der Waals surface area contributed by atoms with Crippen molar-refractivity contribution in [2.24, 2.45) is 0 Å². The summed E-state index contributed by atoms with van der Waals surface area (Å²) in [6.07, 6.45) is 1.43. The molecule has 0 saturated carbocycles. The number of esters is 1. The van der Waals surface area contributed by atoms with E-state index < -0.39 is 16.0 Å². The lowest BCUT2D eigenvalue weighted by molar-refractivity contribution is -0.136. The number of nitrogens with zero attached hydrogens (tertiary/aromatic N) is 1. The fraction of sp³-hybridized carbons (Fsp3) is 0.273. The quantitative estimate of drug-likeness (QED) is 0.421. The maximum atomic E-state index is 12.9. The number of carbonyl (C=O) groups is 2. The molecule has 1 aromatic carbocycles. The fourth-order valence-electron chi connectivity index (χ4n) is 3.25. The Morgan fingerprint density at radius 1 is 1.18 bits per heavy atom. The first kappa shape index (κ1) is 24.7. The topological polar surface area (TPSA) is 115 Å². The average Bonchev–Trinajstić information content (AvgIpc) is 3.33. The summed E-state index contributed by atoms with van der Waals surface area (Å²) in [5, 5.41) is 0.426. The molecule has 2 aromatic rings. The molecule has 0 unspecified atom stereocenters. The molecule has 3 rings (SSSR count). The summed E-state index contributed by atoms with van der Waals surface area (Å²) in [5.41, 5.74) is 0.718. The Kier molecular flexibility index (Phi) is 7.75. The van der Waals surface area contributed by atoms with Crippen molar-refractivity contribution in [3.8, 4) is 0 Å². The number of benzene rings is 1. The van der Waals surface area contributed by atoms with Gasteiger partial charge in [-0.2, -0.15) is 0 Å². The van der Waals surface area contributed by atoms with Crippen LogP contribution in [0, 0.1) is 0 Å². The van der Waals surface area contributed by atoms with Gasteiger partial charge in [0.15, 0.2) is 0 Å². The van der Waals surface area contributed by atoms with Crippen LogP contribution in [0.25, 0.3) is 6.08 Å². The Bertz CT molecular complexity index is 1210. The zero-order valence-corrected chi connectivity index (χ0v) is 19.8. The van der Waals surface area contributed by atoms with Crippen molar-refractivity contribution in [1.82, 2.24) is 9.62 Å². The van der Waals surface area contributed by atoms with E-state index in [1.165, 1.54) is 49.5 Å². The molecule has 2 heterocycles. The molecule has 176 valence electrons. The summed E-state index contributed by atoms with van der Waals surface area (Å²) >= 11 is 5.80. The van der Waals surface area contributed by atoms with Gasteiger partial charge in [0.05, 0.1) is 36.3 Å². The van der Waals surface area contributed by atoms with Crippen LogP contribution < -0.4 is 4.72 Å². The molecule has 0 spiro atoms. The van der Waals surface area contributed by atoms with Crippen molar-refractivity contribution in [1.29, 1.82) is 0 Å². The monoisotopic (exact) mass is 494 g/mol. The highest BCUT2D eigenvalue weighted by Crippen LogP contribution is 2.31. The Morgan fingerprint density at radius 3 is 2.52 bits per heavy atom.